The molecule has 0 saturated heterocycles. The van der Waals surface area contributed by atoms with Gasteiger partial charge >= 0.3 is 5.97 Å². The normalized spacial score (nSPS) is 12.4. The minimum atomic E-state index is -0.599. The molecule has 0 bridgehead atoms. The van der Waals surface area contributed by atoms with Crippen LogP contribution in [-0.4, -0.2) is 45.5 Å². The van der Waals surface area contributed by atoms with Gasteiger partial charge in [-0.15, -0.1) is 0 Å². The zero-order chi connectivity index (χ0) is 24.2. The third-order valence-corrected chi connectivity index (χ3v) is 5.28. The monoisotopic (exact) mass is 478 g/mol. The van der Waals surface area contributed by atoms with Gasteiger partial charge in [0, 0.05) is 22.8 Å². The molecule has 180 valence electrons. The fraction of sp³-hybridized carbons (Fsp3) is 0.250. The van der Waals surface area contributed by atoms with Crippen LogP contribution in [0.3, 0.4) is 0 Å². The van der Waals surface area contributed by atoms with Crippen molar-refractivity contribution >= 4 is 40.0 Å². The lowest BCUT2D eigenvalue weighted by Crippen LogP contribution is -2.15. The van der Waals surface area contributed by atoms with Crippen molar-refractivity contribution in [2.45, 2.75) is 19.9 Å². The maximum Gasteiger partial charge on any atom is 0.307 e. The van der Waals surface area contributed by atoms with Crippen molar-refractivity contribution in [2.24, 2.45) is 0 Å². The zero-order valence-electron chi connectivity index (χ0n) is 19.0. The van der Waals surface area contributed by atoms with Crippen molar-refractivity contribution in [3.63, 3.8) is 0 Å². The average molecular weight is 478 g/mol. The summed E-state index contributed by atoms with van der Waals surface area (Å²) in [7, 11) is 0. The number of anilines is 4. The van der Waals surface area contributed by atoms with Crippen molar-refractivity contribution in [1.82, 2.24) is 19.7 Å². The number of carbonyl (C=O) groups is 1. The molecule has 10 nitrogen and oxygen atoms in total. The highest BCUT2D eigenvalue weighted by Crippen LogP contribution is 2.34. The Bertz CT molecular complexity index is 1380. The highest BCUT2D eigenvalue weighted by molar-refractivity contribution is 5.83. The van der Waals surface area contributed by atoms with E-state index in [1.165, 1.54) is 0 Å². The van der Waals surface area contributed by atoms with Crippen molar-refractivity contribution in [3.05, 3.63) is 54.6 Å². The molecule has 2 aromatic heterocycles. The van der Waals surface area contributed by atoms with Gasteiger partial charge in [-0.1, -0.05) is 0 Å². The second-order valence-corrected chi connectivity index (χ2v) is 7.69. The number of rotatable bonds is 8. The second-order valence-electron chi connectivity index (χ2n) is 7.69. The van der Waals surface area contributed by atoms with Gasteiger partial charge in [0.05, 0.1) is 37.5 Å². The van der Waals surface area contributed by atoms with E-state index in [1.807, 2.05) is 18.2 Å². The number of nitrogens with one attached hydrogen (secondary N) is 2. The van der Waals surface area contributed by atoms with Gasteiger partial charge in [0.15, 0.2) is 23.1 Å². The standard InChI is InChI=1S/C24H23FN6O4/c1-2-33-22(32)7-8-31-19-11-16(4-3-15(19)13-27-31)29-24-26-14-18(25)23(30-24)28-17-5-6-20-21(12-17)35-10-9-34-20/h3-6,11-14H,2,7-10H2,1H3,(H2,26,28,29,30). The van der Waals surface area contributed by atoms with E-state index in [9.17, 15) is 9.18 Å². The Labute approximate surface area is 200 Å². The van der Waals surface area contributed by atoms with E-state index in [4.69, 9.17) is 14.2 Å². The van der Waals surface area contributed by atoms with E-state index < -0.39 is 5.82 Å². The number of esters is 1. The van der Waals surface area contributed by atoms with Crippen LogP contribution in [0.2, 0.25) is 0 Å². The van der Waals surface area contributed by atoms with E-state index in [0.717, 1.165) is 17.1 Å². The van der Waals surface area contributed by atoms with Crippen LogP contribution in [0.15, 0.2) is 48.8 Å². The molecule has 0 fully saturated rings. The number of fused-ring (bicyclic) bond motifs is 2. The molecule has 0 spiro atoms. The van der Waals surface area contributed by atoms with E-state index >= 15 is 0 Å². The lowest BCUT2D eigenvalue weighted by Gasteiger charge is -2.19. The Morgan fingerprint density at radius 3 is 2.74 bits per heavy atom. The molecule has 3 heterocycles. The summed E-state index contributed by atoms with van der Waals surface area (Å²) in [5.41, 5.74) is 2.12. The molecule has 0 aliphatic carbocycles. The summed E-state index contributed by atoms with van der Waals surface area (Å²) in [4.78, 5) is 20.0. The van der Waals surface area contributed by atoms with Crippen LogP contribution < -0.4 is 20.1 Å². The first-order valence-corrected chi connectivity index (χ1v) is 11.2. The highest BCUT2D eigenvalue weighted by Gasteiger charge is 2.14. The van der Waals surface area contributed by atoms with Crippen molar-refractivity contribution in [1.29, 1.82) is 0 Å². The van der Waals surface area contributed by atoms with Crippen molar-refractivity contribution in [3.8, 4) is 11.5 Å². The predicted octanol–water partition coefficient (Wildman–Crippen LogP) is 4.18. The fourth-order valence-corrected chi connectivity index (χ4v) is 3.66. The molecule has 35 heavy (non-hydrogen) atoms. The van der Waals surface area contributed by atoms with Crippen LogP contribution >= 0.6 is 0 Å². The maximum atomic E-state index is 14.4. The van der Waals surface area contributed by atoms with E-state index in [-0.39, 0.29) is 24.2 Å². The minimum absolute atomic E-state index is 0.0136. The topological polar surface area (TPSA) is 112 Å². The zero-order valence-corrected chi connectivity index (χ0v) is 19.0. The van der Waals surface area contributed by atoms with Gasteiger partial charge in [-0.25, -0.2) is 9.37 Å². The maximum absolute atomic E-state index is 14.4. The average Bonchev–Trinajstić information content (AvgIpc) is 3.27. The summed E-state index contributed by atoms with van der Waals surface area (Å²) in [5, 5.41) is 11.3. The third kappa shape index (κ3) is 5.08. The Hall–Kier alpha value is -4.41. The Morgan fingerprint density at radius 2 is 1.89 bits per heavy atom. The van der Waals surface area contributed by atoms with E-state index in [0.29, 0.717) is 49.2 Å². The third-order valence-electron chi connectivity index (χ3n) is 5.28. The molecule has 2 N–H and O–H groups in total. The number of aryl methyl sites for hydroxylation is 1. The molecule has 0 atom stereocenters. The molecule has 0 amide bonds. The van der Waals surface area contributed by atoms with Crippen LogP contribution in [0.1, 0.15) is 13.3 Å². The molecular formula is C24H23FN6O4. The highest BCUT2D eigenvalue weighted by atomic mass is 19.1. The number of aromatic nitrogens is 4. The predicted molar refractivity (Wildman–Crippen MR) is 127 cm³/mol. The van der Waals surface area contributed by atoms with Crippen LogP contribution in [0.5, 0.6) is 11.5 Å². The van der Waals surface area contributed by atoms with Crippen molar-refractivity contribution in [2.75, 3.05) is 30.5 Å². The molecule has 0 unspecified atom stereocenters. The van der Waals surface area contributed by atoms with Gasteiger partial charge in [0.1, 0.15) is 13.2 Å². The Morgan fingerprint density at radius 1 is 1.09 bits per heavy atom. The molecule has 0 saturated carbocycles. The molecular weight excluding hydrogens is 455 g/mol. The quantitative estimate of drug-likeness (QED) is 0.360. The summed E-state index contributed by atoms with van der Waals surface area (Å²) in [6.45, 7) is 3.46. The van der Waals surface area contributed by atoms with Crippen LogP contribution in [0.25, 0.3) is 10.9 Å². The Balaban J connectivity index is 1.33. The van der Waals surface area contributed by atoms with Crippen LogP contribution in [-0.2, 0) is 16.1 Å². The van der Waals surface area contributed by atoms with Gasteiger partial charge in [0.25, 0.3) is 0 Å². The van der Waals surface area contributed by atoms with Gasteiger partial charge in [0.2, 0.25) is 5.95 Å². The number of carbonyl (C=O) groups excluding carboxylic acids is 1. The van der Waals surface area contributed by atoms with Crippen molar-refractivity contribution < 1.29 is 23.4 Å². The van der Waals surface area contributed by atoms with Gasteiger partial charge < -0.3 is 24.8 Å². The summed E-state index contributed by atoms with van der Waals surface area (Å²) >= 11 is 0. The van der Waals surface area contributed by atoms with Gasteiger partial charge in [-0.3, -0.25) is 9.48 Å². The fourth-order valence-electron chi connectivity index (χ4n) is 3.66. The summed E-state index contributed by atoms with van der Waals surface area (Å²) < 4.78 is 32.3. The summed E-state index contributed by atoms with van der Waals surface area (Å²) in [6.07, 6.45) is 3.05. The number of hydrogen-bond donors (Lipinski definition) is 2. The molecule has 2 aromatic carbocycles. The SMILES string of the molecule is CCOC(=O)CCn1ncc2ccc(Nc3ncc(F)c(Nc4ccc5c(c4)OCCO5)n3)cc21. The molecule has 0 radical (unpaired) electrons. The van der Waals surface area contributed by atoms with Gasteiger partial charge in [-0.05, 0) is 37.3 Å². The number of hydrogen-bond acceptors (Lipinski definition) is 9. The molecule has 11 heteroatoms. The first kappa shape index (κ1) is 22.4. The number of ether oxygens (including phenoxy) is 3. The first-order valence-electron chi connectivity index (χ1n) is 11.2. The number of benzene rings is 2. The number of nitrogens with zero attached hydrogens (tertiary/aromatic N) is 4. The van der Waals surface area contributed by atoms with E-state index in [1.54, 1.807) is 36.0 Å². The molecule has 5 rings (SSSR count). The lowest BCUT2D eigenvalue weighted by atomic mass is 10.2. The minimum Gasteiger partial charge on any atom is -0.486 e. The smallest absolute Gasteiger partial charge is 0.307 e. The Kier molecular flexibility index (Phi) is 6.29. The van der Waals surface area contributed by atoms with E-state index in [2.05, 4.69) is 25.7 Å². The molecule has 1 aliphatic heterocycles. The molecule has 1 aliphatic rings. The summed E-state index contributed by atoms with van der Waals surface area (Å²) in [5.74, 6) is 0.579. The first-order chi connectivity index (χ1) is 17.1. The molecule has 4 aromatic rings. The van der Waals surface area contributed by atoms with Crippen LogP contribution in [0, 0.1) is 5.82 Å². The summed E-state index contributed by atoms with van der Waals surface area (Å²) in [6, 6.07) is 10.9. The largest absolute Gasteiger partial charge is 0.486 e. The van der Waals surface area contributed by atoms with Gasteiger partial charge in [-0.2, -0.15) is 10.1 Å². The van der Waals surface area contributed by atoms with Crippen LogP contribution in [0.4, 0.5) is 27.5 Å². The number of halogens is 1. The second kappa shape index (κ2) is 9.84. The lowest BCUT2D eigenvalue weighted by molar-refractivity contribution is -0.143.